The maximum absolute atomic E-state index is 12.0. The van der Waals surface area contributed by atoms with E-state index in [2.05, 4.69) is 19.9 Å². The number of esters is 1. The molecule has 0 radical (unpaired) electrons. The van der Waals surface area contributed by atoms with E-state index in [0.29, 0.717) is 30.0 Å². The lowest BCUT2D eigenvalue weighted by molar-refractivity contribution is 0.0526. The molecule has 0 fully saturated rings. The van der Waals surface area contributed by atoms with Gasteiger partial charge in [-0.1, -0.05) is 59.6 Å². The van der Waals surface area contributed by atoms with Crippen LogP contribution in [0.5, 0.6) is 11.5 Å². The SMILES string of the molecule is CCOC(=O)c1cc(Cc2cc(-c3ccccc3OC)ncn2)ccc1Cl.COc1ccccc1-c1cc(Cc2ccc(Cl)c(C(=O)O)c2)ncn1. The summed E-state index contributed by atoms with van der Waals surface area (Å²) in [5, 5.41) is 9.77. The normalized spacial score (nSPS) is 10.5. The second kappa shape index (κ2) is 17.9. The first-order valence-corrected chi connectivity index (χ1v) is 16.8. The minimum atomic E-state index is -1.05. The zero-order chi connectivity index (χ0) is 37.0. The fourth-order valence-electron chi connectivity index (χ4n) is 5.31. The van der Waals surface area contributed by atoms with Gasteiger partial charge in [0.2, 0.25) is 0 Å². The van der Waals surface area contributed by atoms with Crippen LogP contribution < -0.4 is 9.47 Å². The summed E-state index contributed by atoms with van der Waals surface area (Å²) in [6, 6.07) is 29.3. The quantitative estimate of drug-likeness (QED) is 0.129. The number of carbonyl (C=O) groups is 2. The standard InChI is InChI=1S/C21H19ClN2O3.C19H15ClN2O3/c1-3-27-21(25)17-11-14(8-9-18(17)22)10-15-12-19(24-13-23-15)16-6-4-5-7-20(16)26-2;1-25-18-5-3-2-4-14(18)17-10-13(21-11-22-17)8-12-6-7-16(20)15(9-12)19(23)24/h4-9,11-13H,3,10H2,1-2H3;2-7,9-11H,8H2,1H3,(H,23,24). The summed E-state index contributed by atoms with van der Waals surface area (Å²) < 4.78 is 15.8. The number of carbonyl (C=O) groups excluding carboxylic acids is 1. The Balaban J connectivity index is 0.000000202. The van der Waals surface area contributed by atoms with Gasteiger partial charge in [0, 0.05) is 35.4 Å². The molecule has 264 valence electrons. The van der Waals surface area contributed by atoms with Crippen molar-refractivity contribution >= 4 is 35.1 Å². The van der Waals surface area contributed by atoms with E-state index in [0.717, 1.165) is 56.5 Å². The largest absolute Gasteiger partial charge is 0.496 e. The van der Waals surface area contributed by atoms with Crippen LogP contribution in [-0.4, -0.2) is 57.8 Å². The smallest absolute Gasteiger partial charge is 0.339 e. The fraction of sp³-hybridized carbons (Fsp3) is 0.150. The molecule has 4 aromatic carbocycles. The first kappa shape index (κ1) is 37.4. The van der Waals surface area contributed by atoms with Crippen LogP contribution in [0.2, 0.25) is 10.0 Å². The second-order valence-corrected chi connectivity index (χ2v) is 12.0. The molecule has 0 saturated carbocycles. The molecule has 0 bridgehead atoms. The molecular weight excluding hydrogens is 703 g/mol. The summed E-state index contributed by atoms with van der Waals surface area (Å²) in [6.45, 7) is 2.06. The fourth-order valence-corrected chi connectivity index (χ4v) is 5.70. The Morgan fingerprint density at radius 1 is 0.635 bits per heavy atom. The van der Waals surface area contributed by atoms with Crippen LogP contribution in [-0.2, 0) is 17.6 Å². The minimum absolute atomic E-state index is 0.0816. The van der Waals surface area contributed by atoms with Gasteiger partial charge in [0.25, 0.3) is 0 Å². The van der Waals surface area contributed by atoms with Gasteiger partial charge in [0.1, 0.15) is 24.2 Å². The Morgan fingerprint density at radius 3 is 1.56 bits per heavy atom. The summed E-state index contributed by atoms with van der Waals surface area (Å²) in [5.41, 5.74) is 7.04. The van der Waals surface area contributed by atoms with Crippen molar-refractivity contribution < 1.29 is 28.9 Å². The van der Waals surface area contributed by atoms with E-state index < -0.39 is 11.9 Å². The van der Waals surface area contributed by atoms with Gasteiger partial charge in [0.15, 0.2) is 0 Å². The van der Waals surface area contributed by atoms with Crippen LogP contribution >= 0.6 is 23.2 Å². The molecule has 12 heteroatoms. The molecular formula is C40H34Cl2N4O6. The molecule has 10 nitrogen and oxygen atoms in total. The van der Waals surface area contributed by atoms with E-state index in [9.17, 15) is 14.7 Å². The highest BCUT2D eigenvalue weighted by Gasteiger charge is 2.15. The average Bonchev–Trinajstić information content (AvgIpc) is 3.16. The Kier molecular flexibility index (Phi) is 12.9. The molecule has 6 aromatic rings. The second-order valence-electron chi connectivity index (χ2n) is 11.2. The Bertz CT molecular complexity index is 2200. The van der Waals surface area contributed by atoms with Crippen LogP contribution in [0.3, 0.4) is 0 Å². The highest BCUT2D eigenvalue weighted by atomic mass is 35.5. The van der Waals surface area contributed by atoms with Crippen LogP contribution in [0.4, 0.5) is 0 Å². The first-order valence-electron chi connectivity index (χ1n) is 16.1. The topological polar surface area (TPSA) is 134 Å². The number of rotatable bonds is 11. The van der Waals surface area contributed by atoms with E-state index in [-0.39, 0.29) is 10.6 Å². The van der Waals surface area contributed by atoms with Crippen molar-refractivity contribution in [1.82, 2.24) is 19.9 Å². The number of carboxylic acids is 1. The number of aromatic nitrogens is 4. The molecule has 0 saturated heterocycles. The van der Waals surface area contributed by atoms with Gasteiger partial charge in [0.05, 0.1) is 53.4 Å². The Labute approximate surface area is 311 Å². The molecule has 0 aliphatic heterocycles. The number of methoxy groups -OCH3 is 2. The number of hydrogen-bond acceptors (Lipinski definition) is 9. The number of aromatic carboxylic acids is 1. The van der Waals surface area contributed by atoms with Crippen molar-refractivity contribution in [2.45, 2.75) is 19.8 Å². The van der Waals surface area contributed by atoms with E-state index >= 15 is 0 Å². The number of halogens is 2. The molecule has 0 aliphatic rings. The molecule has 0 aliphatic carbocycles. The number of benzene rings is 4. The molecule has 0 atom stereocenters. The molecule has 2 heterocycles. The van der Waals surface area contributed by atoms with Gasteiger partial charge < -0.3 is 19.3 Å². The monoisotopic (exact) mass is 736 g/mol. The Hall–Kier alpha value is -5.84. The summed E-state index contributed by atoms with van der Waals surface area (Å²) in [5.74, 6) is -0.00366. The number of ether oxygens (including phenoxy) is 3. The van der Waals surface area contributed by atoms with E-state index in [1.54, 1.807) is 51.5 Å². The van der Waals surface area contributed by atoms with Crippen molar-refractivity contribution in [2.75, 3.05) is 20.8 Å². The van der Waals surface area contributed by atoms with Crippen LogP contribution in [0.15, 0.2) is 110 Å². The van der Waals surface area contributed by atoms with Gasteiger partial charge >= 0.3 is 11.9 Å². The van der Waals surface area contributed by atoms with Gasteiger partial charge in [-0.05, 0) is 78.7 Å². The van der Waals surface area contributed by atoms with Crippen molar-refractivity contribution in [3.05, 3.63) is 153 Å². The van der Waals surface area contributed by atoms with Crippen molar-refractivity contribution in [1.29, 1.82) is 0 Å². The third kappa shape index (κ3) is 9.48. The molecule has 2 aromatic heterocycles. The molecule has 6 rings (SSSR count). The van der Waals surface area contributed by atoms with E-state index in [1.165, 1.54) is 12.7 Å². The third-order valence-electron chi connectivity index (χ3n) is 7.77. The van der Waals surface area contributed by atoms with Crippen LogP contribution in [0.1, 0.15) is 50.2 Å². The molecule has 0 spiro atoms. The lowest BCUT2D eigenvalue weighted by Crippen LogP contribution is -2.06. The highest BCUT2D eigenvalue weighted by Crippen LogP contribution is 2.30. The summed E-state index contributed by atoms with van der Waals surface area (Å²) >= 11 is 12.0. The number of para-hydroxylation sites is 2. The summed E-state index contributed by atoms with van der Waals surface area (Å²) in [6.07, 6.45) is 4.03. The van der Waals surface area contributed by atoms with Crippen LogP contribution in [0, 0.1) is 0 Å². The highest BCUT2D eigenvalue weighted by molar-refractivity contribution is 6.34. The minimum Gasteiger partial charge on any atom is -0.496 e. The Morgan fingerprint density at radius 2 is 1.10 bits per heavy atom. The van der Waals surface area contributed by atoms with Crippen molar-refractivity contribution in [3.63, 3.8) is 0 Å². The van der Waals surface area contributed by atoms with Gasteiger partial charge in [-0.25, -0.2) is 29.5 Å². The number of nitrogens with zero attached hydrogens (tertiary/aromatic N) is 4. The molecule has 52 heavy (non-hydrogen) atoms. The molecule has 0 unspecified atom stereocenters. The lowest BCUT2D eigenvalue weighted by atomic mass is 10.0. The number of carboxylic acid groups (broad SMARTS) is 1. The van der Waals surface area contributed by atoms with Crippen LogP contribution in [0.25, 0.3) is 22.5 Å². The predicted octanol–water partition coefficient (Wildman–Crippen LogP) is 8.67. The van der Waals surface area contributed by atoms with Gasteiger partial charge in [-0.2, -0.15) is 0 Å². The van der Waals surface area contributed by atoms with Crippen molar-refractivity contribution in [2.24, 2.45) is 0 Å². The van der Waals surface area contributed by atoms with E-state index in [1.807, 2.05) is 66.7 Å². The lowest BCUT2D eigenvalue weighted by Gasteiger charge is -2.09. The summed E-state index contributed by atoms with van der Waals surface area (Å²) in [4.78, 5) is 40.5. The predicted molar refractivity (Wildman–Crippen MR) is 199 cm³/mol. The van der Waals surface area contributed by atoms with Gasteiger partial charge in [-0.3, -0.25) is 0 Å². The van der Waals surface area contributed by atoms with E-state index in [4.69, 9.17) is 37.4 Å². The zero-order valence-electron chi connectivity index (χ0n) is 28.5. The molecule has 0 amide bonds. The number of hydrogen-bond donors (Lipinski definition) is 1. The summed E-state index contributed by atoms with van der Waals surface area (Å²) in [7, 11) is 3.24. The average molecular weight is 738 g/mol. The zero-order valence-corrected chi connectivity index (χ0v) is 30.1. The van der Waals surface area contributed by atoms with Gasteiger partial charge in [-0.15, -0.1) is 0 Å². The molecule has 1 N–H and O–H groups in total. The maximum atomic E-state index is 12.0. The third-order valence-corrected chi connectivity index (χ3v) is 8.43. The van der Waals surface area contributed by atoms with Crippen molar-refractivity contribution in [3.8, 4) is 34.0 Å². The first-order chi connectivity index (χ1) is 25.2. The maximum Gasteiger partial charge on any atom is 0.339 e.